The van der Waals surface area contributed by atoms with Gasteiger partial charge in [-0.05, 0) is 55.0 Å². The second kappa shape index (κ2) is 7.78. The molecule has 4 aromatic rings. The van der Waals surface area contributed by atoms with Crippen LogP contribution in [0.2, 0.25) is 0 Å². The number of fused-ring (bicyclic) bond motifs is 1. The van der Waals surface area contributed by atoms with Gasteiger partial charge in [-0.2, -0.15) is 10.2 Å². The number of aromatic nitrogens is 4. The van der Waals surface area contributed by atoms with Crippen molar-refractivity contribution < 1.29 is 4.79 Å². The van der Waals surface area contributed by atoms with Gasteiger partial charge in [-0.25, -0.2) is 0 Å². The van der Waals surface area contributed by atoms with Gasteiger partial charge in [-0.1, -0.05) is 36.4 Å². The van der Waals surface area contributed by atoms with Crippen molar-refractivity contribution in [1.29, 1.82) is 0 Å². The van der Waals surface area contributed by atoms with E-state index in [9.17, 15) is 4.79 Å². The quantitative estimate of drug-likeness (QED) is 0.516. The van der Waals surface area contributed by atoms with Gasteiger partial charge in [0, 0.05) is 24.0 Å². The molecule has 0 aliphatic heterocycles. The molecule has 0 spiro atoms. The third kappa shape index (κ3) is 3.28. The van der Waals surface area contributed by atoms with Crippen molar-refractivity contribution in [2.24, 2.45) is 5.92 Å². The van der Waals surface area contributed by atoms with Crippen molar-refractivity contribution in [3.63, 3.8) is 0 Å². The molecule has 2 unspecified atom stereocenters. The van der Waals surface area contributed by atoms with E-state index in [1.165, 1.54) is 5.56 Å². The highest BCUT2D eigenvalue weighted by molar-refractivity contribution is 5.94. The Morgan fingerprint density at radius 2 is 1.97 bits per heavy atom. The van der Waals surface area contributed by atoms with E-state index in [1.54, 1.807) is 0 Å². The summed E-state index contributed by atoms with van der Waals surface area (Å²) in [6.45, 7) is 2.65. The van der Waals surface area contributed by atoms with E-state index in [0.717, 1.165) is 47.0 Å². The summed E-state index contributed by atoms with van der Waals surface area (Å²) in [5.74, 6) is 0.260. The largest absolute Gasteiger partial charge is 0.356 e. The van der Waals surface area contributed by atoms with Crippen LogP contribution in [0, 0.1) is 5.92 Å². The van der Waals surface area contributed by atoms with E-state index >= 15 is 0 Å². The average molecular weight is 399 g/mol. The molecular weight excluding hydrogens is 374 g/mol. The van der Waals surface area contributed by atoms with E-state index in [1.807, 2.05) is 31.5 Å². The molecule has 2 atom stereocenters. The third-order valence-corrected chi connectivity index (χ3v) is 6.12. The number of hydrogen-bond acceptors (Lipinski definition) is 3. The first-order chi connectivity index (χ1) is 14.7. The van der Waals surface area contributed by atoms with Crippen LogP contribution in [0.25, 0.3) is 33.3 Å². The van der Waals surface area contributed by atoms with Crippen LogP contribution in [0.1, 0.15) is 32.2 Å². The molecule has 6 heteroatoms. The smallest absolute Gasteiger partial charge is 0.223 e. The molecule has 30 heavy (non-hydrogen) atoms. The maximum atomic E-state index is 12.2. The van der Waals surface area contributed by atoms with Gasteiger partial charge in [0.05, 0.1) is 23.4 Å². The molecule has 1 amide bonds. The molecule has 6 nitrogen and oxygen atoms in total. The van der Waals surface area contributed by atoms with E-state index in [0.29, 0.717) is 6.54 Å². The van der Waals surface area contributed by atoms with Gasteiger partial charge in [0.1, 0.15) is 0 Å². The van der Waals surface area contributed by atoms with Crippen LogP contribution in [-0.2, 0) is 4.79 Å². The summed E-state index contributed by atoms with van der Waals surface area (Å²) in [6, 6.07) is 17.1. The molecule has 152 valence electrons. The molecule has 5 rings (SSSR count). The fourth-order valence-electron chi connectivity index (χ4n) is 4.61. The van der Waals surface area contributed by atoms with Gasteiger partial charge in [0.15, 0.2) is 0 Å². The Balaban J connectivity index is 1.40. The van der Waals surface area contributed by atoms with Crippen LogP contribution in [0.3, 0.4) is 0 Å². The maximum Gasteiger partial charge on any atom is 0.223 e. The van der Waals surface area contributed by atoms with Crippen molar-refractivity contribution in [2.75, 3.05) is 6.54 Å². The van der Waals surface area contributed by atoms with Crippen LogP contribution >= 0.6 is 0 Å². The summed E-state index contributed by atoms with van der Waals surface area (Å²) < 4.78 is 2.10. The first kappa shape index (κ1) is 18.6. The zero-order chi connectivity index (χ0) is 20.5. The van der Waals surface area contributed by atoms with Gasteiger partial charge in [-0.3, -0.25) is 14.6 Å². The number of rotatable bonds is 5. The summed E-state index contributed by atoms with van der Waals surface area (Å²) in [5.41, 5.74) is 5.61. The highest BCUT2D eigenvalue weighted by Crippen LogP contribution is 2.37. The first-order valence-corrected chi connectivity index (χ1v) is 10.6. The lowest BCUT2D eigenvalue weighted by Crippen LogP contribution is -2.29. The van der Waals surface area contributed by atoms with Crippen molar-refractivity contribution >= 4 is 16.8 Å². The Morgan fingerprint density at radius 1 is 1.13 bits per heavy atom. The second-order valence-electron chi connectivity index (χ2n) is 7.93. The molecule has 2 aromatic heterocycles. The van der Waals surface area contributed by atoms with E-state index in [2.05, 4.69) is 61.7 Å². The van der Waals surface area contributed by atoms with E-state index in [-0.39, 0.29) is 17.9 Å². The lowest BCUT2D eigenvalue weighted by atomic mass is 10.00. The van der Waals surface area contributed by atoms with Crippen LogP contribution < -0.4 is 5.32 Å². The average Bonchev–Trinajstić information content (AvgIpc) is 3.53. The van der Waals surface area contributed by atoms with Gasteiger partial charge < -0.3 is 5.32 Å². The SMILES string of the molecule is CCNC(=O)C1CCC(n2nccc2-c2ccc(-c3cccc4[nH]ncc34)cc2)C1. The minimum absolute atomic E-state index is 0.0878. The molecule has 0 saturated heterocycles. The molecule has 0 bridgehead atoms. The number of amides is 1. The van der Waals surface area contributed by atoms with Gasteiger partial charge in [-0.15, -0.1) is 0 Å². The Morgan fingerprint density at radius 3 is 2.80 bits per heavy atom. The Kier molecular flexibility index (Phi) is 4.83. The summed E-state index contributed by atoms with van der Waals surface area (Å²) in [7, 11) is 0. The molecule has 1 saturated carbocycles. The van der Waals surface area contributed by atoms with E-state index in [4.69, 9.17) is 0 Å². The highest BCUT2D eigenvalue weighted by Gasteiger charge is 2.32. The van der Waals surface area contributed by atoms with Crippen LogP contribution in [0.15, 0.2) is 60.9 Å². The number of nitrogens with zero attached hydrogens (tertiary/aromatic N) is 3. The predicted molar refractivity (Wildman–Crippen MR) is 118 cm³/mol. The minimum atomic E-state index is 0.0878. The predicted octanol–water partition coefficient (Wildman–Crippen LogP) is 4.57. The van der Waals surface area contributed by atoms with Crippen molar-refractivity contribution in [1.82, 2.24) is 25.3 Å². The number of aromatic amines is 1. The number of hydrogen-bond donors (Lipinski definition) is 2. The zero-order valence-corrected chi connectivity index (χ0v) is 17.0. The summed E-state index contributed by atoms with van der Waals surface area (Å²) in [5, 5.41) is 15.9. The number of benzene rings is 2. The molecule has 2 heterocycles. The first-order valence-electron chi connectivity index (χ1n) is 10.6. The van der Waals surface area contributed by atoms with Crippen molar-refractivity contribution in [3.8, 4) is 22.4 Å². The number of carbonyl (C=O) groups excluding carboxylic acids is 1. The number of carbonyl (C=O) groups is 1. The Hall–Kier alpha value is -3.41. The van der Waals surface area contributed by atoms with Crippen LogP contribution in [0.4, 0.5) is 0 Å². The Labute approximate surface area is 175 Å². The topological polar surface area (TPSA) is 75.6 Å². The van der Waals surface area contributed by atoms with Crippen molar-refractivity contribution in [2.45, 2.75) is 32.2 Å². The third-order valence-electron chi connectivity index (χ3n) is 6.12. The maximum absolute atomic E-state index is 12.2. The van der Waals surface area contributed by atoms with Crippen LogP contribution in [0.5, 0.6) is 0 Å². The lowest BCUT2D eigenvalue weighted by Gasteiger charge is -2.16. The molecule has 1 aliphatic carbocycles. The molecule has 1 aliphatic rings. The lowest BCUT2D eigenvalue weighted by molar-refractivity contribution is -0.124. The summed E-state index contributed by atoms with van der Waals surface area (Å²) in [6.07, 6.45) is 6.48. The van der Waals surface area contributed by atoms with Crippen LogP contribution in [-0.4, -0.2) is 32.4 Å². The number of H-pyrrole nitrogens is 1. The van der Waals surface area contributed by atoms with Gasteiger partial charge in [0.25, 0.3) is 0 Å². The number of nitrogens with one attached hydrogen (secondary N) is 2. The highest BCUT2D eigenvalue weighted by atomic mass is 16.1. The normalized spacial score (nSPS) is 18.7. The zero-order valence-electron chi connectivity index (χ0n) is 17.0. The van der Waals surface area contributed by atoms with Crippen molar-refractivity contribution in [3.05, 3.63) is 60.9 Å². The fourth-order valence-corrected chi connectivity index (χ4v) is 4.61. The molecular formula is C24H25N5O. The monoisotopic (exact) mass is 399 g/mol. The summed E-state index contributed by atoms with van der Waals surface area (Å²) in [4.78, 5) is 12.2. The van der Waals surface area contributed by atoms with Gasteiger partial charge >= 0.3 is 0 Å². The van der Waals surface area contributed by atoms with Gasteiger partial charge in [0.2, 0.25) is 5.91 Å². The van der Waals surface area contributed by atoms with E-state index < -0.39 is 0 Å². The summed E-state index contributed by atoms with van der Waals surface area (Å²) >= 11 is 0. The Bertz CT molecular complexity index is 1170. The standard InChI is InChI=1S/C24H25N5O/c1-2-25-24(30)18-10-11-19(14-18)29-23(12-13-27-29)17-8-6-16(7-9-17)20-4-3-5-22-21(20)15-26-28-22/h3-9,12-13,15,18-19H,2,10-11,14H2,1H3,(H,25,30)(H,26,28). The molecule has 2 N–H and O–H groups in total. The molecule has 2 aromatic carbocycles. The fraction of sp³-hybridized carbons (Fsp3) is 0.292. The molecule has 0 radical (unpaired) electrons. The second-order valence-corrected chi connectivity index (χ2v) is 7.93. The molecule has 1 fully saturated rings. The minimum Gasteiger partial charge on any atom is -0.356 e.